The molecule has 1 saturated heterocycles. The van der Waals surface area contributed by atoms with Crippen molar-refractivity contribution >= 4 is 21.9 Å². The fraction of sp³-hybridized carbons (Fsp3) is 0.400. The van der Waals surface area contributed by atoms with E-state index in [0.717, 1.165) is 0 Å². The van der Waals surface area contributed by atoms with Gasteiger partial charge >= 0.3 is 10.2 Å². The molecule has 1 aliphatic rings. The van der Waals surface area contributed by atoms with Gasteiger partial charge in [0.1, 0.15) is 11.1 Å². The molecule has 0 saturated carbocycles. The number of nitrogens with zero attached hydrogens (tertiary/aromatic N) is 2. The third-order valence-corrected chi connectivity index (χ3v) is 3.75. The fourth-order valence-electron chi connectivity index (χ4n) is 1.76. The van der Waals surface area contributed by atoms with Crippen LogP contribution in [-0.4, -0.2) is 31.1 Å². The van der Waals surface area contributed by atoms with Crippen LogP contribution in [0.2, 0.25) is 0 Å². The van der Waals surface area contributed by atoms with E-state index < -0.39 is 21.4 Å². The minimum Gasteiger partial charge on any atom is -0.295 e. The number of carbonyl (C=O) groups excluding carboxylic acids is 1. The Morgan fingerprint density at radius 3 is 2.71 bits per heavy atom. The highest BCUT2D eigenvalue weighted by Gasteiger charge is 2.39. The number of rotatable bonds is 2. The molecule has 0 aromatic carbocycles. The molecule has 2 heterocycles. The lowest BCUT2D eigenvalue weighted by Gasteiger charge is -2.14. The van der Waals surface area contributed by atoms with Crippen molar-refractivity contribution in [2.75, 3.05) is 11.4 Å². The zero-order valence-corrected chi connectivity index (χ0v) is 9.95. The molecule has 0 N–H and O–H groups in total. The monoisotopic (exact) mass is 258 g/mol. The van der Waals surface area contributed by atoms with Gasteiger partial charge in [0.25, 0.3) is 0 Å². The third-order valence-electron chi connectivity index (χ3n) is 2.64. The van der Waals surface area contributed by atoms with Gasteiger partial charge in [-0.15, -0.1) is 3.89 Å². The predicted octanol–water partition coefficient (Wildman–Crippen LogP) is 0.795. The zero-order valence-electron chi connectivity index (χ0n) is 9.13. The second-order valence-corrected chi connectivity index (χ2v) is 5.56. The third kappa shape index (κ3) is 2.44. The maximum absolute atomic E-state index is 12.8. The molecule has 1 amide bonds. The molecule has 7 heteroatoms. The van der Waals surface area contributed by atoms with E-state index in [1.807, 2.05) is 0 Å². The summed E-state index contributed by atoms with van der Waals surface area (Å²) in [4.78, 5) is 16.9. The molecule has 0 radical (unpaired) electrons. The van der Waals surface area contributed by atoms with E-state index in [1.54, 1.807) is 25.1 Å². The molecule has 0 aliphatic carbocycles. The summed E-state index contributed by atoms with van der Waals surface area (Å²) >= 11 is 0. The molecule has 1 aromatic rings. The first-order valence-corrected chi connectivity index (χ1v) is 6.50. The largest absolute Gasteiger partial charge is 0.307 e. The van der Waals surface area contributed by atoms with Crippen LogP contribution in [0.4, 0.5) is 9.70 Å². The summed E-state index contributed by atoms with van der Waals surface area (Å²) in [5.41, 5.74) is 0.710. The highest BCUT2D eigenvalue weighted by Crippen LogP contribution is 2.24. The van der Waals surface area contributed by atoms with Crippen molar-refractivity contribution in [3.05, 3.63) is 23.9 Å². The number of amides is 1. The van der Waals surface area contributed by atoms with Crippen LogP contribution in [0.3, 0.4) is 0 Å². The van der Waals surface area contributed by atoms with Gasteiger partial charge in [-0.2, -0.15) is 8.42 Å². The van der Waals surface area contributed by atoms with Gasteiger partial charge in [-0.25, -0.2) is 4.98 Å². The summed E-state index contributed by atoms with van der Waals surface area (Å²) in [5, 5.41) is -1.28. The number of halogens is 1. The molecular weight excluding hydrogens is 247 g/mol. The molecule has 1 atom stereocenters. The molecule has 0 spiro atoms. The second kappa shape index (κ2) is 4.06. The highest BCUT2D eigenvalue weighted by atomic mass is 32.3. The summed E-state index contributed by atoms with van der Waals surface area (Å²) in [6, 6.07) is 5.06. The van der Waals surface area contributed by atoms with E-state index >= 15 is 0 Å². The van der Waals surface area contributed by atoms with Crippen molar-refractivity contribution in [3.8, 4) is 0 Å². The molecule has 1 unspecified atom stereocenters. The Bertz CT molecular complexity index is 558. The topological polar surface area (TPSA) is 67.3 Å². The van der Waals surface area contributed by atoms with E-state index in [1.165, 1.54) is 4.90 Å². The number of anilines is 1. The van der Waals surface area contributed by atoms with Gasteiger partial charge in [0.2, 0.25) is 5.91 Å². The van der Waals surface area contributed by atoms with Gasteiger partial charge in [0.15, 0.2) is 0 Å². The molecule has 1 aliphatic heterocycles. The molecule has 92 valence electrons. The first kappa shape index (κ1) is 12.0. The average molecular weight is 258 g/mol. The van der Waals surface area contributed by atoms with Crippen LogP contribution < -0.4 is 4.90 Å². The normalized spacial score (nSPS) is 20.9. The quantitative estimate of drug-likeness (QED) is 0.736. The fourth-order valence-corrected chi connectivity index (χ4v) is 2.43. The number of hydrogen-bond acceptors (Lipinski definition) is 4. The van der Waals surface area contributed by atoms with Crippen LogP contribution in [0.15, 0.2) is 18.2 Å². The Kier molecular flexibility index (Phi) is 2.86. The molecule has 2 rings (SSSR count). The lowest BCUT2D eigenvalue weighted by atomic mass is 10.3. The van der Waals surface area contributed by atoms with E-state index in [2.05, 4.69) is 4.98 Å². The lowest BCUT2D eigenvalue weighted by Crippen LogP contribution is -2.27. The minimum absolute atomic E-state index is 0.173. The van der Waals surface area contributed by atoms with Crippen LogP contribution in [-0.2, 0) is 15.0 Å². The van der Waals surface area contributed by atoms with E-state index in [4.69, 9.17) is 0 Å². The lowest BCUT2D eigenvalue weighted by molar-refractivity contribution is -0.117. The van der Waals surface area contributed by atoms with Crippen LogP contribution in [0.5, 0.6) is 0 Å². The molecule has 1 fully saturated rings. The van der Waals surface area contributed by atoms with Crippen LogP contribution in [0.25, 0.3) is 0 Å². The molecule has 5 nitrogen and oxygen atoms in total. The Balaban J connectivity index is 2.28. The van der Waals surface area contributed by atoms with Crippen molar-refractivity contribution in [3.63, 3.8) is 0 Å². The van der Waals surface area contributed by atoms with Crippen molar-refractivity contribution in [2.24, 2.45) is 0 Å². The number of aromatic nitrogens is 1. The first-order valence-electron chi connectivity index (χ1n) is 5.05. The summed E-state index contributed by atoms with van der Waals surface area (Å²) in [5.74, 6) is -0.0597. The number of aryl methyl sites for hydroxylation is 1. The summed E-state index contributed by atoms with van der Waals surface area (Å²) in [6.07, 6.45) is -0.325. The number of pyridine rings is 1. The number of hydrogen-bond donors (Lipinski definition) is 0. The van der Waals surface area contributed by atoms with Crippen LogP contribution >= 0.6 is 0 Å². The molecular formula is C10H11FN2O3S. The van der Waals surface area contributed by atoms with Gasteiger partial charge < -0.3 is 0 Å². The summed E-state index contributed by atoms with van der Waals surface area (Å²) in [6.45, 7) is 1.58. The van der Waals surface area contributed by atoms with E-state index in [0.29, 0.717) is 11.5 Å². The van der Waals surface area contributed by atoms with Crippen LogP contribution in [0.1, 0.15) is 12.1 Å². The van der Waals surface area contributed by atoms with E-state index in [-0.39, 0.29) is 13.0 Å². The smallest absolute Gasteiger partial charge is 0.295 e. The standard InChI is InChI=1S/C10H11FN2O3S/c1-7-3-2-4-9(12-7)13-6-8(5-10(13)14)17(11,15)16/h2-4,8H,5-6H2,1H3. The molecule has 17 heavy (non-hydrogen) atoms. The van der Waals surface area contributed by atoms with Gasteiger partial charge in [-0.05, 0) is 19.1 Å². The van der Waals surface area contributed by atoms with Crippen molar-refractivity contribution in [2.45, 2.75) is 18.6 Å². The Hall–Kier alpha value is -1.50. The van der Waals surface area contributed by atoms with E-state index in [9.17, 15) is 17.1 Å². The van der Waals surface area contributed by atoms with Gasteiger partial charge in [0.05, 0.1) is 0 Å². The minimum atomic E-state index is -4.68. The Morgan fingerprint density at radius 2 is 2.18 bits per heavy atom. The average Bonchev–Trinajstić information content (AvgIpc) is 2.60. The number of carbonyl (C=O) groups is 1. The van der Waals surface area contributed by atoms with Gasteiger partial charge in [-0.3, -0.25) is 9.69 Å². The predicted molar refractivity (Wildman–Crippen MR) is 59.8 cm³/mol. The molecule has 1 aromatic heterocycles. The van der Waals surface area contributed by atoms with Crippen molar-refractivity contribution in [1.29, 1.82) is 0 Å². The zero-order chi connectivity index (χ0) is 12.6. The van der Waals surface area contributed by atoms with Crippen molar-refractivity contribution in [1.82, 2.24) is 4.98 Å². The highest BCUT2D eigenvalue weighted by molar-refractivity contribution is 7.87. The summed E-state index contributed by atoms with van der Waals surface area (Å²) in [7, 11) is -4.68. The second-order valence-electron chi connectivity index (χ2n) is 3.94. The maximum Gasteiger partial charge on any atom is 0.307 e. The Morgan fingerprint density at radius 1 is 1.47 bits per heavy atom. The summed E-state index contributed by atoms with van der Waals surface area (Å²) < 4.78 is 34.3. The SMILES string of the molecule is Cc1cccc(N2CC(S(=O)(=O)F)CC2=O)n1. The molecule has 0 bridgehead atoms. The van der Waals surface area contributed by atoms with Crippen molar-refractivity contribution < 1.29 is 17.1 Å². The van der Waals surface area contributed by atoms with Crippen LogP contribution in [0, 0.1) is 6.92 Å². The first-order chi connectivity index (χ1) is 7.88. The maximum atomic E-state index is 12.8. The Labute approximate surface area is 98.5 Å². The van der Waals surface area contributed by atoms with Gasteiger partial charge in [0, 0.05) is 18.7 Å². The van der Waals surface area contributed by atoms with Gasteiger partial charge in [-0.1, -0.05) is 6.07 Å².